The number of hydrogen-bond acceptors (Lipinski definition) is 8. The molecule has 0 radical (unpaired) electrons. The summed E-state index contributed by atoms with van der Waals surface area (Å²) in [5, 5.41) is 11.3. The molecule has 2 aromatic rings. The van der Waals surface area contributed by atoms with Crippen molar-refractivity contribution in [3.63, 3.8) is 0 Å². The Bertz CT molecular complexity index is 1920. The second-order valence-electron chi connectivity index (χ2n) is 18.0. The lowest BCUT2D eigenvalue weighted by Gasteiger charge is -2.36. The first-order valence-electron chi connectivity index (χ1n) is 21.0. The van der Waals surface area contributed by atoms with Crippen LogP contribution in [0.4, 0.5) is 4.79 Å². The van der Waals surface area contributed by atoms with Crippen LogP contribution in [0.25, 0.3) is 0 Å². The molecule has 5 atom stereocenters. The van der Waals surface area contributed by atoms with Crippen molar-refractivity contribution in [2.45, 2.75) is 115 Å². The van der Waals surface area contributed by atoms with E-state index in [9.17, 15) is 27.6 Å². The fourth-order valence-electron chi connectivity index (χ4n) is 8.55. The van der Waals surface area contributed by atoms with Gasteiger partial charge in [0.1, 0.15) is 12.1 Å². The SMILES string of the molecule is C=CCNC(=O)C(=O)C(CC1CCC1)NC(=O)[C@@H]1[C@@H](CC(C)C)CCN1C(=O)[C@@H](NC(=O)N[C@H](CN(C)S(=O)(=O)c1ccccn1)C(C)(C)C)C1Cc2ccccc2C1. The number of urea groups is 1. The van der Waals surface area contributed by atoms with Crippen LogP contribution in [0.2, 0.25) is 0 Å². The lowest BCUT2D eigenvalue weighted by Crippen LogP contribution is -2.61. The van der Waals surface area contributed by atoms with Crippen LogP contribution in [0.15, 0.2) is 66.3 Å². The van der Waals surface area contributed by atoms with Crippen LogP contribution in [0.5, 0.6) is 0 Å². The van der Waals surface area contributed by atoms with Crippen molar-refractivity contribution in [3.05, 3.63) is 72.4 Å². The summed E-state index contributed by atoms with van der Waals surface area (Å²) in [6.45, 7) is 13.7. The number of pyridine rings is 1. The first kappa shape index (κ1) is 45.5. The van der Waals surface area contributed by atoms with Gasteiger partial charge in [0.25, 0.3) is 15.9 Å². The molecule has 0 spiro atoms. The van der Waals surface area contributed by atoms with Gasteiger partial charge in [-0.05, 0) is 84.5 Å². The number of nitrogens with one attached hydrogen (secondary N) is 4. The number of amides is 5. The highest BCUT2D eigenvalue weighted by molar-refractivity contribution is 7.89. The Labute approximate surface area is 349 Å². The minimum atomic E-state index is -3.97. The molecule has 59 heavy (non-hydrogen) atoms. The minimum absolute atomic E-state index is 0.0685. The Balaban J connectivity index is 1.41. The average molecular weight is 834 g/mol. The number of aromatic nitrogens is 1. The molecule has 1 saturated carbocycles. The molecular weight excluding hydrogens is 771 g/mol. The molecule has 15 heteroatoms. The van der Waals surface area contributed by atoms with Crippen LogP contribution in [0.1, 0.15) is 84.3 Å². The zero-order valence-corrected chi connectivity index (χ0v) is 36.2. The Hall–Kier alpha value is -4.63. The van der Waals surface area contributed by atoms with E-state index < -0.39 is 69.1 Å². The fraction of sp³-hybridized carbons (Fsp3) is 0.591. The summed E-state index contributed by atoms with van der Waals surface area (Å²) in [6, 6.07) is 8.21. The predicted molar refractivity (Wildman–Crippen MR) is 225 cm³/mol. The van der Waals surface area contributed by atoms with Crippen LogP contribution in [-0.4, -0.2) is 103 Å². The number of hydrogen-bond donors (Lipinski definition) is 4. The van der Waals surface area contributed by atoms with Crippen molar-refractivity contribution < 1.29 is 32.4 Å². The molecule has 14 nitrogen and oxygen atoms in total. The van der Waals surface area contributed by atoms with Crippen LogP contribution < -0.4 is 21.3 Å². The Morgan fingerprint density at radius 1 is 0.949 bits per heavy atom. The number of rotatable bonds is 18. The van der Waals surface area contributed by atoms with Gasteiger partial charge in [-0.3, -0.25) is 19.2 Å². The van der Waals surface area contributed by atoms with E-state index in [-0.39, 0.29) is 48.3 Å². The third-order valence-electron chi connectivity index (χ3n) is 12.1. The lowest BCUT2D eigenvalue weighted by molar-refractivity contribution is -0.144. The predicted octanol–water partition coefficient (Wildman–Crippen LogP) is 4.01. The number of Topliss-reactive ketones (excluding diaryl/α,β-unsaturated/α-hetero) is 1. The largest absolute Gasteiger partial charge is 0.346 e. The molecule has 3 aliphatic rings. The zero-order chi connectivity index (χ0) is 43.1. The topological polar surface area (TPSA) is 187 Å². The lowest BCUT2D eigenvalue weighted by atomic mass is 9.80. The van der Waals surface area contributed by atoms with E-state index in [1.54, 1.807) is 17.0 Å². The molecule has 1 aromatic carbocycles. The van der Waals surface area contributed by atoms with E-state index in [0.717, 1.165) is 34.7 Å². The van der Waals surface area contributed by atoms with Gasteiger partial charge in [-0.15, -0.1) is 6.58 Å². The minimum Gasteiger partial charge on any atom is -0.346 e. The van der Waals surface area contributed by atoms with Crippen molar-refractivity contribution in [1.82, 2.24) is 35.5 Å². The summed E-state index contributed by atoms with van der Waals surface area (Å²) in [5.74, 6) is -2.55. The summed E-state index contributed by atoms with van der Waals surface area (Å²) in [4.78, 5) is 75.6. The van der Waals surface area contributed by atoms with Crippen LogP contribution >= 0.6 is 0 Å². The first-order valence-corrected chi connectivity index (χ1v) is 22.4. The monoisotopic (exact) mass is 833 g/mol. The molecule has 5 amide bonds. The molecule has 4 N–H and O–H groups in total. The number of carbonyl (C=O) groups excluding carboxylic acids is 5. The zero-order valence-electron chi connectivity index (χ0n) is 35.4. The molecule has 2 fully saturated rings. The highest BCUT2D eigenvalue weighted by atomic mass is 32.2. The summed E-state index contributed by atoms with van der Waals surface area (Å²) in [7, 11) is -2.53. The van der Waals surface area contributed by atoms with Crippen molar-refractivity contribution in [3.8, 4) is 0 Å². The van der Waals surface area contributed by atoms with E-state index in [0.29, 0.717) is 32.1 Å². The highest BCUT2D eigenvalue weighted by Gasteiger charge is 2.47. The van der Waals surface area contributed by atoms with Crippen molar-refractivity contribution >= 4 is 39.6 Å². The quantitative estimate of drug-likeness (QED) is 0.128. The normalized spacial score (nSPS) is 20.0. The van der Waals surface area contributed by atoms with E-state index in [1.807, 2.05) is 45.0 Å². The number of sulfonamides is 1. The molecule has 2 heterocycles. The molecular formula is C44H63N7O7S. The molecule has 5 rings (SSSR count). The van der Waals surface area contributed by atoms with Gasteiger partial charge in [0.2, 0.25) is 17.6 Å². The Kier molecular flexibility index (Phi) is 15.1. The Morgan fingerprint density at radius 3 is 2.17 bits per heavy atom. The summed E-state index contributed by atoms with van der Waals surface area (Å²) in [5.41, 5.74) is 1.55. The van der Waals surface area contributed by atoms with E-state index in [1.165, 1.54) is 25.4 Å². The van der Waals surface area contributed by atoms with E-state index >= 15 is 4.79 Å². The standard InChI is InChI=1S/C44H63N7O7S/c1-8-20-46-41(54)39(52)34(24-29-14-13-15-29)47-40(53)38-32(23-28(2)3)19-22-51(38)42(55)37(33-25-30-16-9-10-17-31(30)26-33)49-43(56)48-35(44(4,5)6)27-50(7)59(57,58)36-18-11-12-21-45-36/h8-12,16-18,21,28-29,32-35,37-38H,1,13-15,19-20,22-27H2,2-7H3,(H,46,54)(H,47,53)(H2,48,49,56)/t32-,34?,35-,37+,38+/m1/s1. The summed E-state index contributed by atoms with van der Waals surface area (Å²) < 4.78 is 28.0. The third-order valence-corrected chi connectivity index (χ3v) is 13.9. The average Bonchev–Trinajstić information content (AvgIpc) is 3.80. The van der Waals surface area contributed by atoms with Crippen LogP contribution in [-0.2, 0) is 42.0 Å². The van der Waals surface area contributed by atoms with Gasteiger partial charge in [0, 0.05) is 38.9 Å². The molecule has 1 saturated heterocycles. The molecule has 1 aliphatic heterocycles. The second-order valence-corrected chi connectivity index (χ2v) is 20.0. The van der Waals surface area contributed by atoms with Crippen molar-refractivity contribution in [1.29, 1.82) is 0 Å². The number of carbonyl (C=O) groups is 5. The van der Waals surface area contributed by atoms with Gasteiger partial charge in [0.15, 0.2) is 5.03 Å². The van der Waals surface area contributed by atoms with E-state index in [4.69, 9.17) is 0 Å². The van der Waals surface area contributed by atoms with Crippen LogP contribution in [0.3, 0.4) is 0 Å². The maximum atomic E-state index is 15.1. The van der Waals surface area contributed by atoms with Crippen molar-refractivity contribution in [2.24, 2.45) is 29.1 Å². The summed E-state index contributed by atoms with van der Waals surface area (Å²) >= 11 is 0. The summed E-state index contributed by atoms with van der Waals surface area (Å²) in [6.07, 6.45) is 8.31. The highest BCUT2D eigenvalue weighted by Crippen LogP contribution is 2.35. The van der Waals surface area contributed by atoms with E-state index in [2.05, 4.69) is 46.7 Å². The second kappa shape index (κ2) is 19.6. The number of likely N-dealkylation sites (tertiary alicyclic amines) is 1. The maximum absolute atomic E-state index is 15.1. The molecule has 1 aromatic heterocycles. The molecule has 1 unspecified atom stereocenters. The number of benzene rings is 1. The Morgan fingerprint density at radius 2 is 1.61 bits per heavy atom. The number of likely N-dealkylation sites (N-methyl/N-ethyl adjacent to an activating group) is 1. The fourth-order valence-corrected chi connectivity index (χ4v) is 9.66. The third kappa shape index (κ3) is 11.4. The number of nitrogens with zero attached hydrogens (tertiary/aromatic N) is 3. The van der Waals surface area contributed by atoms with Gasteiger partial charge in [0.05, 0.1) is 6.04 Å². The van der Waals surface area contributed by atoms with Gasteiger partial charge in [-0.2, -0.15) is 4.31 Å². The van der Waals surface area contributed by atoms with Gasteiger partial charge in [-0.1, -0.05) is 90.3 Å². The van der Waals surface area contributed by atoms with Crippen molar-refractivity contribution in [2.75, 3.05) is 26.7 Å². The molecule has 0 bridgehead atoms. The smallest absolute Gasteiger partial charge is 0.315 e. The first-order chi connectivity index (χ1) is 27.9. The van der Waals surface area contributed by atoms with Gasteiger partial charge < -0.3 is 26.2 Å². The molecule has 2 aliphatic carbocycles. The van der Waals surface area contributed by atoms with Gasteiger partial charge >= 0.3 is 6.03 Å². The molecule has 322 valence electrons. The maximum Gasteiger partial charge on any atom is 0.315 e. The number of fused-ring (bicyclic) bond motifs is 1. The van der Waals surface area contributed by atoms with Crippen LogP contribution in [0, 0.1) is 29.1 Å². The number of ketones is 1. The van der Waals surface area contributed by atoms with Gasteiger partial charge in [-0.25, -0.2) is 18.2 Å².